The molecule has 5 heteroatoms. The van der Waals surface area contributed by atoms with Gasteiger partial charge in [-0.3, -0.25) is 4.98 Å². The molecule has 1 aliphatic heterocycles. The summed E-state index contributed by atoms with van der Waals surface area (Å²) in [5.41, 5.74) is 10.8. The van der Waals surface area contributed by atoms with Crippen molar-refractivity contribution in [1.29, 1.82) is 0 Å². The van der Waals surface area contributed by atoms with Crippen LogP contribution in [0.1, 0.15) is 58.3 Å². The number of anilines is 1. The van der Waals surface area contributed by atoms with Crippen molar-refractivity contribution in [2.45, 2.75) is 53.1 Å². The fourth-order valence-electron chi connectivity index (χ4n) is 5.40. The second-order valence-electron chi connectivity index (χ2n) is 9.52. The van der Waals surface area contributed by atoms with E-state index in [0.717, 1.165) is 22.9 Å². The molecule has 0 unspecified atom stereocenters. The zero-order valence-corrected chi connectivity index (χ0v) is 21.9. The number of hydrogen-bond acceptors (Lipinski definition) is 2. The van der Waals surface area contributed by atoms with E-state index in [9.17, 15) is 0 Å². The first kappa shape index (κ1) is 23.3. The molecule has 2 aromatic heterocycles. The monoisotopic (exact) mass is 480 g/mol. The Labute approximate surface area is 213 Å². The average molecular weight is 481 g/mol. The molecule has 0 spiro atoms. The minimum absolute atomic E-state index is 0.0199. The normalized spacial score (nSPS) is 17.6. The third-order valence-corrected chi connectivity index (χ3v) is 7.29. The molecule has 1 saturated heterocycles. The molecule has 5 rings (SSSR count). The van der Waals surface area contributed by atoms with Gasteiger partial charge in [-0.25, -0.2) is 0 Å². The van der Waals surface area contributed by atoms with Crippen LogP contribution >= 0.6 is 12.2 Å². The third kappa shape index (κ3) is 4.25. The van der Waals surface area contributed by atoms with Gasteiger partial charge in [0.05, 0.1) is 17.8 Å². The highest BCUT2D eigenvalue weighted by molar-refractivity contribution is 7.80. The maximum absolute atomic E-state index is 5.95. The summed E-state index contributed by atoms with van der Waals surface area (Å²) >= 11 is 5.95. The van der Waals surface area contributed by atoms with Gasteiger partial charge in [0, 0.05) is 29.0 Å². The predicted octanol–water partition coefficient (Wildman–Crippen LogP) is 6.85. The van der Waals surface area contributed by atoms with E-state index in [4.69, 9.17) is 17.2 Å². The van der Waals surface area contributed by atoms with E-state index in [1.807, 2.05) is 18.3 Å². The molecule has 35 heavy (non-hydrogen) atoms. The van der Waals surface area contributed by atoms with Crippen LogP contribution in [0.5, 0.6) is 0 Å². The lowest BCUT2D eigenvalue weighted by Gasteiger charge is -2.29. The number of benzene rings is 2. The highest BCUT2D eigenvalue weighted by Crippen LogP contribution is 2.44. The summed E-state index contributed by atoms with van der Waals surface area (Å²) in [7, 11) is 0. The van der Waals surface area contributed by atoms with Gasteiger partial charge in [0.25, 0.3) is 0 Å². The number of aromatic nitrogens is 2. The summed E-state index contributed by atoms with van der Waals surface area (Å²) in [6.07, 6.45) is 2.89. The molecule has 1 fully saturated rings. The molecule has 2 aromatic carbocycles. The van der Waals surface area contributed by atoms with Crippen molar-refractivity contribution < 1.29 is 0 Å². The minimum Gasteiger partial charge on any atom is -0.351 e. The molecule has 178 valence electrons. The number of nitrogens with one attached hydrogen (secondary N) is 1. The van der Waals surface area contributed by atoms with Gasteiger partial charge in [0.1, 0.15) is 0 Å². The fourth-order valence-corrected chi connectivity index (χ4v) is 5.75. The van der Waals surface area contributed by atoms with Crippen LogP contribution in [0, 0.1) is 27.7 Å². The van der Waals surface area contributed by atoms with Crippen molar-refractivity contribution in [3.8, 4) is 5.69 Å². The lowest BCUT2D eigenvalue weighted by atomic mass is 9.96. The predicted molar refractivity (Wildman–Crippen MR) is 148 cm³/mol. The van der Waals surface area contributed by atoms with Crippen molar-refractivity contribution in [1.82, 2.24) is 14.9 Å². The van der Waals surface area contributed by atoms with Gasteiger partial charge in [0.2, 0.25) is 0 Å². The van der Waals surface area contributed by atoms with Gasteiger partial charge < -0.3 is 14.8 Å². The van der Waals surface area contributed by atoms with Crippen LogP contribution < -0.4 is 10.2 Å². The van der Waals surface area contributed by atoms with Crippen molar-refractivity contribution in [3.63, 3.8) is 0 Å². The first-order valence-corrected chi connectivity index (χ1v) is 12.6. The molecule has 0 radical (unpaired) electrons. The Kier molecular flexibility index (Phi) is 6.20. The minimum atomic E-state index is -0.0547. The summed E-state index contributed by atoms with van der Waals surface area (Å²) in [5.74, 6) is 0. The molecule has 0 aliphatic carbocycles. The van der Waals surface area contributed by atoms with Gasteiger partial charge in [-0.15, -0.1) is 0 Å². The van der Waals surface area contributed by atoms with Crippen LogP contribution in [0.2, 0.25) is 0 Å². The first-order valence-electron chi connectivity index (χ1n) is 12.2. The summed E-state index contributed by atoms with van der Waals surface area (Å²) in [6, 6.07) is 23.8. The topological polar surface area (TPSA) is 33.1 Å². The summed E-state index contributed by atoms with van der Waals surface area (Å²) in [4.78, 5) is 6.99. The molecule has 4 aromatic rings. The smallest absolute Gasteiger partial charge is 0.174 e. The summed E-state index contributed by atoms with van der Waals surface area (Å²) in [6.45, 7) is 10.9. The fraction of sp³-hybridized carbons (Fsp3) is 0.267. The molecule has 3 heterocycles. The Balaban J connectivity index is 1.67. The SMILES string of the molecule is CCc1ccc(-n2c(C)cc([C@@H]3[C@@H](c4ccccn4)NC(=S)N3c3cc(C)cc(C)c3)c2C)cc1. The van der Waals surface area contributed by atoms with Crippen LogP contribution in [-0.2, 0) is 6.42 Å². The molecule has 1 aliphatic rings. The Bertz CT molecular complexity index is 1350. The third-order valence-electron chi connectivity index (χ3n) is 6.97. The van der Waals surface area contributed by atoms with E-state index in [1.54, 1.807) is 0 Å². The second kappa shape index (κ2) is 9.31. The summed E-state index contributed by atoms with van der Waals surface area (Å²) < 4.78 is 2.35. The molecule has 0 amide bonds. The van der Waals surface area contributed by atoms with Gasteiger partial charge in [-0.2, -0.15) is 0 Å². The van der Waals surface area contributed by atoms with Crippen LogP contribution in [0.15, 0.2) is 72.9 Å². The largest absolute Gasteiger partial charge is 0.351 e. The quantitative estimate of drug-likeness (QED) is 0.317. The van der Waals surface area contributed by atoms with Crippen molar-refractivity contribution >= 4 is 23.0 Å². The summed E-state index contributed by atoms with van der Waals surface area (Å²) in [5, 5.41) is 4.33. The number of thiocarbonyl (C=S) groups is 1. The van der Waals surface area contributed by atoms with Crippen molar-refractivity contribution in [3.05, 3.63) is 112 Å². The number of nitrogens with zero attached hydrogens (tertiary/aromatic N) is 3. The van der Waals surface area contributed by atoms with Crippen LogP contribution in [0.25, 0.3) is 5.69 Å². The number of pyridine rings is 1. The van der Waals surface area contributed by atoms with Crippen LogP contribution in [0.4, 0.5) is 5.69 Å². The zero-order chi connectivity index (χ0) is 24.7. The maximum atomic E-state index is 5.95. The molecule has 0 bridgehead atoms. The lowest BCUT2D eigenvalue weighted by Crippen LogP contribution is -2.29. The average Bonchev–Trinajstić information content (AvgIpc) is 3.34. The van der Waals surface area contributed by atoms with Crippen LogP contribution in [-0.4, -0.2) is 14.7 Å². The van der Waals surface area contributed by atoms with E-state index < -0.39 is 0 Å². The zero-order valence-electron chi connectivity index (χ0n) is 21.0. The van der Waals surface area contributed by atoms with Crippen molar-refractivity contribution in [2.75, 3.05) is 4.90 Å². The lowest BCUT2D eigenvalue weighted by molar-refractivity contribution is 0.565. The number of rotatable bonds is 5. The van der Waals surface area contributed by atoms with E-state index in [-0.39, 0.29) is 12.1 Å². The van der Waals surface area contributed by atoms with Crippen LogP contribution in [0.3, 0.4) is 0 Å². The van der Waals surface area contributed by atoms with E-state index in [2.05, 4.69) is 104 Å². The van der Waals surface area contributed by atoms with Gasteiger partial charge >= 0.3 is 0 Å². The number of aryl methyl sites for hydroxylation is 4. The Morgan fingerprint density at radius 3 is 2.23 bits per heavy atom. The van der Waals surface area contributed by atoms with Gasteiger partial charge in [0.15, 0.2) is 5.11 Å². The molecular formula is C30H32N4S. The van der Waals surface area contributed by atoms with Gasteiger partial charge in [-0.05, 0) is 111 Å². The molecule has 4 nitrogen and oxygen atoms in total. The highest BCUT2D eigenvalue weighted by atomic mass is 32.1. The maximum Gasteiger partial charge on any atom is 0.174 e. The molecule has 1 N–H and O–H groups in total. The van der Waals surface area contributed by atoms with E-state index >= 15 is 0 Å². The Morgan fingerprint density at radius 1 is 0.886 bits per heavy atom. The van der Waals surface area contributed by atoms with E-state index in [1.165, 1.54) is 39.3 Å². The Morgan fingerprint density at radius 2 is 1.60 bits per heavy atom. The second-order valence-corrected chi connectivity index (χ2v) is 9.91. The van der Waals surface area contributed by atoms with Gasteiger partial charge in [-0.1, -0.05) is 31.2 Å². The molecule has 2 atom stereocenters. The van der Waals surface area contributed by atoms with Crippen molar-refractivity contribution in [2.24, 2.45) is 0 Å². The Hall–Kier alpha value is -3.44. The first-order chi connectivity index (χ1) is 16.9. The highest BCUT2D eigenvalue weighted by Gasteiger charge is 2.42. The van der Waals surface area contributed by atoms with E-state index in [0.29, 0.717) is 0 Å². The number of hydrogen-bond donors (Lipinski definition) is 1. The molecular weight excluding hydrogens is 448 g/mol. The molecule has 0 saturated carbocycles. The standard InChI is InChI=1S/C30H32N4S/c1-6-23-10-12-24(13-11-23)33-21(4)18-26(22(33)5)29-28(27-9-7-8-14-31-27)32-30(35)34(29)25-16-19(2)15-20(3)17-25/h7-18,28-29H,6H2,1-5H3,(H,32,35)/t28-,29-/m1/s1.